The Balaban J connectivity index is 2.19. The number of aromatic nitrogens is 3. The molecular weight excluding hydrogens is 245 g/mol. The molecule has 2 aromatic heterocycles. The molecule has 1 N–H and O–H groups in total. The van der Waals surface area contributed by atoms with E-state index in [4.69, 9.17) is 0 Å². The Bertz CT molecular complexity index is 533. The number of hydrogen-bond acceptors (Lipinski definition) is 3. The summed E-state index contributed by atoms with van der Waals surface area (Å²) in [6, 6.07) is 3.71. The van der Waals surface area contributed by atoms with E-state index in [1.54, 1.807) is 10.9 Å². The van der Waals surface area contributed by atoms with Gasteiger partial charge in [0, 0.05) is 12.7 Å². The Morgan fingerprint density at radius 1 is 1.33 bits per heavy atom. The minimum absolute atomic E-state index is 0.139. The molecule has 96 valence electrons. The van der Waals surface area contributed by atoms with Crippen LogP contribution in [0.2, 0.25) is 0 Å². The van der Waals surface area contributed by atoms with Crippen LogP contribution < -0.4 is 5.32 Å². The zero-order valence-corrected chi connectivity index (χ0v) is 9.57. The molecule has 7 heteroatoms. The summed E-state index contributed by atoms with van der Waals surface area (Å²) in [5.41, 5.74) is -0.320. The summed E-state index contributed by atoms with van der Waals surface area (Å²) in [6.45, 7) is 2.61. The smallest absolute Gasteiger partial charge is 0.338 e. The third-order valence-corrected chi connectivity index (χ3v) is 2.27. The molecule has 0 unspecified atom stereocenters. The van der Waals surface area contributed by atoms with Crippen molar-refractivity contribution in [3.63, 3.8) is 0 Å². The molecule has 0 aliphatic rings. The van der Waals surface area contributed by atoms with Gasteiger partial charge in [-0.15, -0.1) is 0 Å². The molecular formula is C11H11F3N4. The van der Waals surface area contributed by atoms with Crippen molar-refractivity contribution < 1.29 is 13.2 Å². The maximum Gasteiger partial charge on any atom is 0.433 e. The van der Waals surface area contributed by atoms with Crippen LogP contribution in [0.4, 0.5) is 24.7 Å². The molecule has 2 heterocycles. The largest absolute Gasteiger partial charge is 0.433 e. The van der Waals surface area contributed by atoms with E-state index in [0.29, 0.717) is 12.2 Å². The summed E-state index contributed by atoms with van der Waals surface area (Å²) in [5, 5.41) is 6.78. The lowest BCUT2D eigenvalue weighted by molar-refractivity contribution is -0.141. The molecule has 0 fully saturated rings. The Morgan fingerprint density at radius 3 is 2.72 bits per heavy atom. The van der Waals surface area contributed by atoms with Crippen molar-refractivity contribution >= 4 is 11.5 Å². The van der Waals surface area contributed by atoms with Gasteiger partial charge in [0.1, 0.15) is 11.5 Å². The molecule has 0 aliphatic carbocycles. The van der Waals surface area contributed by atoms with E-state index in [0.717, 1.165) is 6.07 Å². The normalized spacial score (nSPS) is 11.6. The van der Waals surface area contributed by atoms with Gasteiger partial charge >= 0.3 is 6.18 Å². The van der Waals surface area contributed by atoms with Gasteiger partial charge in [-0.2, -0.15) is 18.3 Å². The van der Waals surface area contributed by atoms with Crippen molar-refractivity contribution in [2.24, 2.45) is 0 Å². The first-order valence-electron chi connectivity index (χ1n) is 5.33. The monoisotopic (exact) mass is 256 g/mol. The van der Waals surface area contributed by atoms with Crippen LogP contribution in [0.15, 0.2) is 30.6 Å². The predicted molar refractivity (Wildman–Crippen MR) is 60.4 cm³/mol. The van der Waals surface area contributed by atoms with Gasteiger partial charge in [0.05, 0.1) is 11.9 Å². The highest BCUT2D eigenvalue weighted by Crippen LogP contribution is 2.28. The van der Waals surface area contributed by atoms with E-state index in [-0.39, 0.29) is 5.82 Å². The Morgan fingerprint density at radius 2 is 2.11 bits per heavy atom. The number of halogens is 3. The van der Waals surface area contributed by atoms with Crippen LogP contribution in [0.3, 0.4) is 0 Å². The molecule has 0 atom stereocenters. The van der Waals surface area contributed by atoms with Crippen molar-refractivity contribution in [3.8, 4) is 0 Å². The van der Waals surface area contributed by atoms with Crippen LogP contribution in [0.1, 0.15) is 12.6 Å². The average Bonchev–Trinajstić information content (AvgIpc) is 2.76. The zero-order chi connectivity index (χ0) is 13.2. The van der Waals surface area contributed by atoms with Gasteiger partial charge in [-0.05, 0) is 19.1 Å². The number of aryl methyl sites for hydroxylation is 1. The number of nitrogens with one attached hydrogen (secondary N) is 1. The second-order valence-electron chi connectivity index (χ2n) is 3.62. The van der Waals surface area contributed by atoms with Crippen molar-refractivity contribution in [1.29, 1.82) is 0 Å². The number of pyridine rings is 1. The van der Waals surface area contributed by atoms with Gasteiger partial charge in [-0.25, -0.2) is 4.98 Å². The fraction of sp³-hybridized carbons (Fsp3) is 0.273. The molecule has 0 aliphatic heterocycles. The first kappa shape index (κ1) is 12.4. The van der Waals surface area contributed by atoms with Gasteiger partial charge in [0.25, 0.3) is 0 Å². The third kappa shape index (κ3) is 2.79. The van der Waals surface area contributed by atoms with Crippen LogP contribution in [0.25, 0.3) is 0 Å². The maximum absolute atomic E-state index is 12.5. The van der Waals surface area contributed by atoms with E-state index in [2.05, 4.69) is 15.4 Å². The lowest BCUT2D eigenvalue weighted by Crippen LogP contribution is -2.08. The summed E-state index contributed by atoms with van der Waals surface area (Å²) >= 11 is 0. The molecule has 0 bridgehead atoms. The second kappa shape index (κ2) is 4.67. The van der Waals surface area contributed by atoms with Crippen LogP contribution in [-0.2, 0) is 12.7 Å². The third-order valence-electron chi connectivity index (χ3n) is 2.27. The lowest BCUT2D eigenvalue weighted by Gasteiger charge is -2.08. The highest BCUT2D eigenvalue weighted by molar-refractivity contribution is 5.53. The second-order valence-corrected chi connectivity index (χ2v) is 3.62. The molecule has 4 nitrogen and oxygen atoms in total. The zero-order valence-electron chi connectivity index (χ0n) is 9.57. The standard InChI is InChI=1S/C11H11F3N4/c1-2-18-7-8(6-15-18)16-10-5-3-4-9(17-10)11(12,13)14/h3-7H,2H2,1H3,(H,16,17). The summed E-state index contributed by atoms with van der Waals surface area (Å²) in [4.78, 5) is 3.50. The van der Waals surface area contributed by atoms with Crippen LogP contribution in [0, 0.1) is 0 Å². The molecule has 18 heavy (non-hydrogen) atoms. The minimum Gasteiger partial charge on any atom is -0.338 e. The first-order valence-corrected chi connectivity index (χ1v) is 5.33. The summed E-state index contributed by atoms with van der Waals surface area (Å²) in [6.07, 6.45) is -1.21. The quantitative estimate of drug-likeness (QED) is 0.917. The number of hydrogen-bond donors (Lipinski definition) is 1. The van der Waals surface area contributed by atoms with Crippen LogP contribution >= 0.6 is 0 Å². The Kier molecular flexibility index (Phi) is 3.22. The summed E-state index contributed by atoms with van der Waals surface area (Å²) in [5.74, 6) is 0.139. The number of alkyl halides is 3. The SMILES string of the molecule is CCn1cc(Nc2cccc(C(F)(F)F)n2)cn1. The van der Waals surface area contributed by atoms with E-state index in [1.165, 1.54) is 18.3 Å². The molecule has 2 aromatic rings. The fourth-order valence-electron chi connectivity index (χ4n) is 1.41. The Hall–Kier alpha value is -2.05. The van der Waals surface area contributed by atoms with Crippen LogP contribution in [-0.4, -0.2) is 14.8 Å². The molecule has 0 aromatic carbocycles. The van der Waals surface area contributed by atoms with Gasteiger partial charge in [0.15, 0.2) is 0 Å². The number of nitrogens with zero attached hydrogens (tertiary/aromatic N) is 3. The molecule has 0 amide bonds. The fourth-order valence-corrected chi connectivity index (χ4v) is 1.41. The van der Waals surface area contributed by atoms with Crippen molar-refractivity contribution in [1.82, 2.24) is 14.8 Å². The maximum atomic E-state index is 12.5. The van der Waals surface area contributed by atoms with E-state index in [1.807, 2.05) is 6.92 Å². The summed E-state index contributed by atoms with van der Waals surface area (Å²) < 4.78 is 39.0. The molecule has 0 saturated carbocycles. The molecule has 0 spiro atoms. The van der Waals surface area contributed by atoms with Gasteiger partial charge in [0.2, 0.25) is 0 Å². The molecule has 2 rings (SSSR count). The highest BCUT2D eigenvalue weighted by atomic mass is 19.4. The predicted octanol–water partition coefficient (Wildman–Crippen LogP) is 3.06. The molecule has 0 radical (unpaired) electrons. The van der Waals surface area contributed by atoms with Gasteiger partial charge in [-0.3, -0.25) is 4.68 Å². The highest BCUT2D eigenvalue weighted by Gasteiger charge is 2.32. The number of rotatable bonds is 3. The van der Waals surface area contributed by atoms with Crippen LogP contribution in [0.5, 0.6) is 0 Å². The van der Waals surface area contributed by atoms with E-state index < -0.39 is 11.9 Å². The minimum atomic E-state index is -4.44. The number of anilines is 2. The molecule has 0 saturated heterocycles. The topological polar surface area (TPSA) is 42.7 Å². The summed E-state index contributed by atoms with van der Waals surface area (Å²) in [7, 11) is 0. The van der Waals surface area contributed by atoms with Gasteiger partial charge in [-0.1, -0.05) is 6.07 Å². The first-order chi connectivity index (χ1) is 8.49. The van der Waals surface area contributed by atoms with Crippen molar-refractivity contribution in [2.75, 3.05) is 5.32 Å². The Labute approximate surface area is 101 Å². The van der Waals surface area contributed by atoms with Crippen molar-refractivity contribution in [3.05, 3.63) is 36.3 Å². The average molecular weight is 256 g/mol. The lowest BCUT2D eigenvalue weighted by atomic mass is 10.3. The van der Waals surface area contributed by atoms with E-state index in [9.17, 15) is 13.2 Å². The van der Waals surface area contributed by atoms with E-state index >= 15 is 0 Å². The van der Waals surface area contributed by atoms with Gasteiger partial charge < -0.3 is 5.32 Å². The van der Waals surface area contributed by atoms with Crippen molar-refractivity contribution in [2.45, 2.75) is 19.6 Å².